The Balaban J connectivity index is 3.08. The van der Waals surface area contributed by atoms with Gasteiger partial charge in [0.1, 0.15) is 0 Å². The Bertz CT molecular complexity index is 353. The van der Waals surface area contributed by atoms with Crippen LogP contribution >= 0.6 is 11.6 Å². The fourth-order valence-corrected chi connectivity index (χ4v) is 1.45. The van der Waals surface area contributed by atoms with Gasteiger partial charge in [0.05, 0.1) is 0 Å². The molecule has 1 rings (SSSR count). The van der Waals surface area contributed by atoms with Gasteiger partial charge in [-0.3, -0.25) is 4.79 Å². The first-order valence-corrected chi connectivity index (χ1v) is 4.43. The molecule has 0 aliphatic carbocycles. The number of carbonyl (C=O) groups excluding carboxylic acids is 1. The standard InChI is InChI=1S/C11H11ClO/c1-8(7-9(2)13)10-5-3-4-6-11(10)12/h3-7H,1-2H3/b8-7-. The van der Waals surface area contributed by atoms with E-state index in [1.54, 1.807) is 6.08 Å². The maximum absolute atomic E-state index is 10.8. The van der Waals surface area contributed by atoms with Gasteiger partial charge >= 0.3 is 0 Å². The molecule has 0 spiro atoms. The smallest absolute Gasteiger partial charge is 0.152 e. The molecular formula is C11H11ClO. The van der Waals surface area contributed by atoms with E-state index >= 15 is 0 Å². The Hall–Kier alpha value is -1.08. The number of hydrogen-bond acceptors (Lipinski definition) is 1. The molecule has 0 bridgehead atoms. The van der Waals surface area contributed by atoms with Gasteiger partial charge in [-0.1, -0.05) is 29.8 Å². The third kappa shape index (κ3) is 2.71. The van der Waals surface area contributed by atoms with Gasteiger partial charge in [0.15, 0.2) is 5.78 Å². The third-order valence-corrected chi connectivity index (χ3v) is 2.05. The van der Waals surface area contributed by atoms with Crippen molar-refractivity contribution in [3.63, 3.8) is 0 Å². The van der Waals surface area contributed by atoms with Crippen molar-refractivity contribution in [3.05, 3.63) is 40.9 Å². The van der Waals surface area contributed by atoms with Crippen molar-refractivity contribution in [2.24, 2.45) is 0 Å². The lowest BCUT2D eigenvalue weighted by Crippen LogP contribution is -1.86. The SMILES string of the molecule is CC(=O)/C=C(/C)c1ccccc1Cl. The molecular weight excluding hydrogens is 184 g/mol. The lowest BCUT2D eigenvalue weighted by molar-refractivity contribution is -0.112. The van der Waals surface area contributed by atoms with E-state index in [1.165, 1.54) is 6.92 Å². The molecule has 0 amide bonds. The molecule has 0 aliphatic heterocycles. The monoisotopic (exact) mass is 194 g/mol. The van der Waals surface area contributed by atoms with E-state index < -0.39 is 0 Å². The number of halogens is 1. The van der Waals surface area contributed by atoms with Crippen LogP contribution in [0.3, 0.4) is 0 Å². The first-order valence-electron chi connectivity index (χ1n) is 4.05. The Kier molecular flexibility index (Phi) is 3.26. The number of hydrogen-bond donors (Lipinski definition) is 0. The molecule has 0 unspecified atom stereocenters. The molecule has 0 atom stereocenters. The molecule has 0 aliphatic rings. The molecule has 1 nitrogen and oxygen atoms in total. The van der Waals surface area contributed by atoms with Crippen molar-refractivity contribution in [2.75, 3.05) is 0 Å². The molecule has 0 aromatic heterocycles. The van der Waals surface area contributed by atoms with Gasteiger partial charge in [-0.15, -0.1) is 0 Å². The Morgan fingerprint density at radius 3 is 2.46 bits per heavy atom. The average Bonchev–Trinajstić information content (AvgIpc) is 2.03. The molecule has 0 heterocycles. The minimum absolute atomic E-state index is 0.0393. The van der Waals surface area contributed by atoms with Gasteiger partial charge in [-0.2, -0.15) is 0 Å². The molecule has 0 N–H and O–H groups in total. The second kappa shape index (κ2) is 4.24. The van der Waals surface area contributed by atoms with Crippen LogP contribution in [0.1, 0.15) is 19.4 Å². The van der Waals surface area contributed by atoms with Crippen LogP contribution in [-0.2, 0) is 4.79 Å². The van der Waals surface area contributed by atoms with Crippen LogP contribution in [-0.4, -0.2) is 5.78 Å². The van der Waals surface area contributed by atoms with Crippen molar-refractivity contribution < 1.29 is 4.79 Å². The zero-order valence-electron chi connectivity index (χ0n) is 7.67. The van der Waals surface area contributed by atoms with Crippen molar-refractivity contribution in [3.8, 4) is 0 Å². The second-order valence-corrected chi connectivity index (χ2v) is 3.33. The third-order valence-electron chi connectivity index (χ3n) is 1.72. The van der Waals surface area contributed by atoms with Crippen LogP contribution in [0.2, 0.25) is 5.02 Å². The molecule has 2 heteroatoms. The minimum atomic E-state index is 0.0393. The van der Waals surface area contributed by atoms with Crippen LogP contribution < -0.4 is 0 Å². The largest absolute Gasteiger partial charge is 0.295 e. The van der Waals surface area contributed by atoms with Gasteiger partial charge in [-0.25, -0.2) is 0 Å². The number of ketones is 1. The number of carbonyl (C=O) groups is 1. The lowest BCUT2D eigenvalue weighted by atomic mass is 10.1. The van der Waals surface area contributed by atoms with Crippen molar-refractivity contribution >= 4 is 23.0 Å². The van der Waals surface area contributed by atoms with Crippen molar-refractivity contribution in [2.45, 2.75) is 13.8 Å². The molecule has 0 fully saturated rings. The first kappa shape index (κ1) is 10.0. The van der Waals surface area contributed by atoms with Gasteiger partial charge in [0.25, 0.3) is 0 Å². The number of benzene rings is 1. The van der Waals surface area contributed by atoms with E-state index in [0.717, 1.165) is 11.1 Å². The maximum Gasteiger partial charge on any atom is 0.152 e. The highest BCUT2D eigenvalue weighted by Crippen LogP contribution is 2.22. The molecule has 0 saturated carbocycles. The lowest BCUT2D eigenvalue weighted by Gasteiger charge is -2.02. The van der Waals surface area contributed by atoms with E-state index in [-0.39, 0.29) is 5.78 Å². The zero-order valence-corrected chi connectivity index (χ0v) is 8.43. The summed E-state index contributed by atoms with van der Waals surface area (Å²) in [5, 5.41) is 0.678. The average molecular weight is 195 g/mol. The van der Waals surface area contributed by atoms with Gasteiger partial charge < -0.3 is 0 Å². The van der Waals surface area contributed by atoms with E-state index in [0.29, 0.717) is 5.02 Å². The van der Waals surface area contributed by atoms with Crippen LogP contribution in [0, 0.1) is 0 Å². The van der Waals surface area contributed by atoms with E-state index in [1.807, 2.05) is 31.2 Å². The molecule has 0 saturated heterocycles. The number of rotatable bonds is 2. The van der Waals surface area contributed by atoms with E-state index in [4.69, 9.17) is 11.6 Å². The van der Waals surface area contributed by atoms with E-state index in [2.05, 4.69) is 0 Å². The maximum atomic E-state index is 10.8. The summed E-state index contributed by atoms with van der Waals surface area (Å²) in [6, 6.07) is 7.48. The fourth-order valence-electron chi connectivity index (χ4n) is 1.16. The summed E-state index contributed by atoms with van der Waals surface area (Å²) >= 11 is 5.95. The van der Waals surface area contributed by atoms with Gasteiger partial charge in [0.2, 0.25) is 0 Å². The van der Waals surface area contributed by atoms with Gasteiger partial charge in [-0.05, 0) is 37.1 Å². The molecule has 68 valence electrons. The summed E-state index contributed by atoms with van der Waals surface area (Å²) in [5.41, 5.74) is 1.82. The van der Waals surface area contributed by atoms with Crippen molar-refractivity contribution in [1.82, 2.24) is 0 Å². The highest BCUT2D eigenvalue weighted by atomic mass is 35.5. The molecule has 1 aromatic carbocycles. The highest BCUT2D eigenvalue weighted by Gasteiger charge is 2.00. The topological polar surface area (TPSA) is 17.1 Å². The summed E-state index contributed by atoms with van der Waals surface area (Å²) in [5.74, 6) is 0.0393. The fraction of sp³-hybridized carbons (Fsp3) is 0.182. The minimum Gasteiger partial charge on any atom is -0.295 e. The number of allylic oxidation sites excluding steroid dienone is 2. The Labute approximate surface area is 83.0 Å². The molecule has 1 aromatic rings. The predicted octanol–water partition coefficient (Wildman–Crippen LogP) is 3.33. The summed E-state index contributed by atoms with van der Waals surface area (Å²) in [7, 11) is 0. The second-order valence-electron chi connectivity index (χ2n) is 2.92. The molecule has 0 radical (unpaired) electrons. The zero-order chi connectivity index (χ0) is 9.84. The Morgan fingerprint density at radius 2 is 1.92 bits per heavy atom. The highest BCUT2D eigenvalue weighted by molar-refractivity contribution is 6.32. The normalized spacial score (nSPS) is 11.5. The van der Waals surface area contributed by atoms with Crippen LogP contribution in [0.25, 0.3) is 5.57 Å². The van der Waals surface area contributed by atoms with E-state index in [9.17, 15) is 4.79 Å². The van der Waals surface area contributed by atoms with Crippen molar-refractivity contribution in [1.29, 1.82) is 0 Å². The summed E-state index contributed by atoms with van der Waals surface area (Å²) < 4.78 is 0. The summed E-state index contributed by atoms with van der Waals surface area (Å²) in [6.07, 6.45) is 1.58. The van der Waals surface area contributed by atoms with Crippen LogP contribution in [0.5, 0.6) is 0 Å². The summed E-state index contributed by atoms with van der Waals surface area (Å²) in [6.45, 7) is 3.41. The van der Waals surface area contributed by atoms with Crippen LogP contribution in [0.4, 0.5) is 0 Å². The van der Waals surface area contributed by atoms with Gasteiger partial charge in [0, 0.05) is 5.02 Å². The predicted molar refractivity (Wildman–Crippen MR) is 55.8 cm³/mol. The van der Waals surface area contributed by atoms with Crippen LogP contribution in [0.15, 0.2) is 30.3 Å². The quantitative estimate of drug-likeness (QED) is 0.660. The summed E-state index contributed by atoms with van der Waals surface area (Å²) in [4.78, 5) is 10.8. The Morgan fingerprint density at radius 1 is 1.31 bits per heavy atom. The first-order chi connectivity index (χ1) is 6.11. The molecule has 13 heavy (non-hydrogen) atoms.